The molecule has 0 spiro atoms. The van der Waals surface area contributed by atoms with Gasteiger partial charge in [-0.1, -0.05) is 42.5 Å². The standard InChI is InChI=1S/C25H27NO5/c1-28-22-13-20(14-23(29-2)25(22)30-3)15-24(27)26-16-18-8-7-9-19(12-18)17-31-21-10-5-4-6-11-21/h4-14H,15-17H2,1-3H3,(H,26,27). The first-order valence-electron chi connectivity index (χ1n) is 9.94. The Morgan fingerprint density at radius 2 is 1.45 bits per heavy atom. The number of amides is 1. The van der Waals surface area contributed by atoms with Crippen LogP contribution in [0.5, 0.6) is 23.0 Å². The Hall–Kier alpha value is -3.67. The maximum atomic E-state index is 12.5. The number of hydrogen-bond donors (Lipinski definition) is 1. The van der Waals surface area contributed by atoms with Gasteiger partial charge in [0.2, 0.25) is 11.7 Å². The third-order valence-corrected chi connectivity index (χ3v) is 4.72. The third-order valence-electron chi connectivity index (χ3n) is 4.72. The van der Waals surface area contributed by atoms with E-state index in [0.717, 1.165) is 22.4 Å². The number of nitrogens with one attached hydrogen (secondary N) is 1. The molecule has 0 heterocycles. The Labute approximate surface area is 182 Å². The smallest absolute Gasteiger partial charge is 0.224 e. The van der Waals surface area contributed by atoms with Crippen LogP contribution in [-0.4, -0.2) is 27.2 Å². The minimum Gasteiger partial charge on any atom is -0.493 e. The van der Waals surface area contributed by atoms with Crippen LogP contribution in [-0.2, 0) is 24.4 Å². The molecular formula is C25H27NO5. The fraction of sp³-hybridized carbons (Fsp3) is 0.240. The van der Waals surface area contributed by atoms with E-state index in [-0.39, 0.29) is 12.3 Å². The molecule has 3 aromatic carbocycles. The van der Waals surface area contributed by atoms with Gasteiger partial charge in [0.05, 0.1) is 27.8 Å². The molecule has 0 unspecified atom stereocenters. The highest BCUT2D eigenvalue weighted by Gasteiger charge is 2.15. The fourth-order valence-electron chi connectivity index (χ4n) is 3.20. The molecule has 6 nitrogen and oxygen atoms in total. The van der Waals surface area contributed by atoms with Gasteiger partial charge in [0, 0.05) is 6.54 Å². The zero-order chi connectivity index (χ0) is 22.1. The Morgan fingerprint density at radius 3 is 2.10 bits per heavy atom. The lowest BCUT2D eigenvalue weighted by atomic mass is 10.1. The fourth-order valence-corrected chi connectivity index (χ4v) is 3.20. The van der Waals surface area contributed by atoms with Gasteiger partial charge in [-0.3, -0.25) is 4.79 Å². The summed E-state index contributed by atoms with van der Waals surface area (Å²) in [5.41, 5.74) is 2.82. The second kappa shape index (κ2) is 10.9. The minimum atomic E-state index is -0.0970. The van der Waals surface area contributed by atoms with Crippen LogP contribution in [0, 0.1) is 0 Å². The molecule has 31 heavy (non-hydrogen) atoms. The van der Waals surface area contributed by atoms with E-state index >= 15 is 0 Å². The average Bonchev–Trinajstić information content (AvgIpc) is 2.81. The number of hydrogen-bond acceptors (Lipinski definition) is 5. The summed E-state index contributed by atoms with van der Waals surface area (Å²) in [6.45, 7) is 0.902. The van der Waals surface area contributed by atoms with Crippen LogP contribution >= 0.6 is 0 Å². The van der Waals surface area contributed by atoms with Crippen LogP contribution in [0.1, 0.15) is 16.7 Å². The molecule has 0 saturated heterocycles. The molecule has 162 valence electrons. The first kappa shape index (κ1) is 22.0. The molecule has 0 aliphatic rings. The molecule has 0 radical (unpaired) electrons. The van der Waals surface area contributed by atoms with Gasteiger partial charge in [0.1, 0.15) is 12.4 Å². The van der Waals surface area contributed by atoms with E-state index in [1.54, 1.807) is 33.5 Å². The maximum Gasteiger partial charge on any atom is 0.224 e. The van der Waals surface area contributed by atoms with Gasteiger partial charge in [-0.2, -0.15) is 0 Å². The number of para-hydroxylation sites is 1. The van der Waals surface area contributed by atoms with Crippen LogP contribution < -0.4 is 24.3 Å². The van der Waals surface area contributed by atoms with Crippen molar-refractivity contribution in [1.29, 1.82) is 0 Å². The largest absolute Gasteiger partial charge is 0.493 e. The Morgan fingerprint density at radius 1 is 0.774 bits per heavy atom. The zero-order valence-electron chi connectivity index (χ0n) is 18.0. The molecule has 6 heteroatoms. The Kier molecular flexibility index (Phi) is 7.76. The number of carbonyl (C=O) groups excluding carboxylic acids is 1. The van der Waals surface area contributed by atoms with Gasteiger partial charge in [0.25, 0.3) is 0 Å². The predicted octanol–water partition coefficient (Wildman–Crippen LogP) is 4.15. The molecule has 3 aromatic rings. The number of ether oxygens (including phenoxy) is 4. The molecule has 0 aliphatic carbocycles. The van der Waals surface area contributed by atoms with E-state index in [9.17, 15) is 4.79 Å². The minimum absolute atomic E-state index is 0.0970. The number of benzene rings is 3. The lowest BCUT2D eigenvalue weighted by Gasteiger charge is -2.14. The summed E-state index contributed by atoms with van der Waals surface area (Å²) in [5, 5.41) is 2.96. The van der Waals surface area contributed by atoms with Crippen molar-refractivity contribution < 1.29 is 23.7 Å². The van der Waals surface area contributed by atoms with Gasteiger partial charge < -0.3 is 24.3 Å². The highest BCUT2D eigenvalue weighted by Crippen LogP contribution is 2.38. The van der Waals surface area contributed by atoms with Crippen molar-refractivity contribution in [1.82, 2.24) is 5.32 Å². The normalized spacial score (nSPS) is 10.3. The lowest BCUT2D eigenvalue weighted by molar-refractivity contribution is -0.120. The van der Waals surface area contributed by atoms with E-state index in [1.165, 1.54) is 0 Å². The summed E-state index contributed by atoms with van der Waals surface area (Å²) in [5.74, 6) is 2.28. The second-order valence-electron chi connectivity index (χ2n) is 6.91. The van der Waals surface area contributed by atoms with Crippen molar-refractivity contribution in [2.24, 2.45) is 0 Å². The predicted molar refractivity (Wildman–Crippen MR) is 119 cm³/mol. The van der Waals surface area contributed by atoms with E-state index in [2.05, 4.69) is 5.32 Å². The summed E-state index contributed by atoms with van der Waals surface area (Å²) in [7, 11) is 4.65. The van der Waals surface area contributed by atoms with Crippen molar-refractivity contribution in [3.8, 4) is 23.0 Å². The number of rotatable bonds is 10. The highest BCUT2D eigenvalue weighted by atomic mass is 16.5. The summed E-state index contributed by atoms with van der Waals surface area (Å²) in [6.07, 6.45) is 0.202. The van der Waals surface area contributed by atoms with Crippen LogP contribution in [0.15, 0.2) is 66.7 Å². The maximum absolute atomic E-state index is 12.5. The van der Waals surface area contributed by atoms with Crippen LogP contribution in [0.25, 0.3) is 0 Å². The molecule has 0 fully saturated rings. The highest BCUT2D eigenvalue weighted by molar-refractivity contribution is 5.79. The Balaban J connectivity index is 1.57. The van der Waals surface area contributed by atoms with Crippen molar-refractivity contribution in [3.05, 3.63) is 83.4 Å². The summed E-state index contributed by atoms with van der Waals surface area (Å²) < 4.78 is 21.8. The van der Waals surface area contributed by atoms with Crippen molar-refractivity contribution >= 4 is 5.91 Å². The van der Waals surface area contributed by atoms with Gasteiger partial charge in [-0.15, -0.1) is 0 Å². The van der Waals surface area contributed by atoms with E-state index in [4.69, 9.17) is 18.9 Å². The summed E-state index contributed by atoms with van der Waals surface area (Å²) >= 11 is 0. The molecular weight excluding hydrogens is 394 g/mol. The molecule has 0 saturated carbocycles. The second-order valence-corrected chi connectivity index (χ2v) is 6.91. The van der Waals surface area contributed by atoms with E-state index in [0.29, 0.717) is 30.4 Å². The van der Waals surface area contributed by atoms with Crippen molar-refractivity contribution in [3.63, 3.8) is 0 Å². The number of carbonyl (C=O) groups is 1. The quantitative estimate of drug-likeness (QED) is 0.533. The van der Waals surface area contributed by atoms with Crippen LogP contribution in [0.2, 0.25) is 0 Å². The summed E-state index contributed by atoms with van der Waals surface area (Å²) in [4.78, 5) is 12.5. The first-order chi connectivity index (χ1) is 15.1. The zero-order valence-corrected chi connectivity index (χ0v) is 18.0. The summed E-state index contributed by atoms with van der Waals surface area (Å²) in [6, 6.07) is 21.2. The molecule has 0 aliphatic heterocycles. The van der Waals surface area contributed by atoms with Gasteiger partial charge in [-0.05, 0) is 41.0 Å². The van der Waals surface area contributed by atoms with Crippen LogP contribution in [0.3, 0.4) is 0 Å². The van der Waals surface area contributed by atoms with Gasteiger partial charge in [-0.25, -0.2) is 0 Å². The van der Waals surface area contributed by atoms with E-state index in [1.807, 2.05) is 54.6 Å². The molecule has 0 atom stereocenters. The SMILES string of the molecule is COc1cc(CC(=O)NCc2cccc(COc3ccccc3)c2)cc(OC)c1OC. The monoisotopic (exact) mass is 421 g/mol. The topological polar surface area (TPSA) is 66.0 Å². The van der Waals surface area contributed by atoms with Crippen molar-refractivity contribution in [2.75, 3.05) is 21.3 Å². The molecule has 0 aromatic heterocycles. The number of methoxy groups -OCH3 is 3. The van der Waals surface area contributed by atoms with Gasteiger partial charge >= 0.3 is 0 Å². The van der Waals surface area contributed by atoms with Crippen molar-refractivity contribution in [2.45, 2.75) is 19.6 Å². The first-order valence-corrected chi connectivity index (χ1v) is 9.94. The van der Waals surface area contributed by atoms with Gasteiger partial charge in [0.15, 0.2) is 11.5 Å². The molecule has 1 N–H and O–H groups in total. The van der Waals surface area contributed by atoms with E-state index < -0.39 is 0 Å². The molecule has 0 bridgehead atoms. The molecule has 1 amide bonds. The average molecular weight is 421 g/mol. The molecule has 3 rings (SSSR count). The van der Waals surface area contributed by atoms with Crippen LogP contribution in [0.4, 0.5) is 0 Å². The lowest BCUT2D eigenvalue weighted by Crippen LogP contribution is -2.24. The third kappa shape index (κ3) is 6.15. The Bertz CT molecular complexity index is 979.